The van der Waals surface area contributed by atoms with Crippen molar-refractivity contribution in [2.45, 2.75) is 39.3 Å². The summed E-state index contributed by atoms with van der Waals surface area (Å²) in [7, 11) is 0.890. The van der Waals surface area contributed by atoms with Crippen molar-refractivity contribution in [2.75, 3.05) is 25.7 Å². The molecule has 0 saturated carbocycles. The molecule has 1 aromatic carbocycles. The van der Waals surface area contributed by atoms with Crippen LogP contribution < -0.4 is 5.32 Å². The Balaban J connectivity index is 1.93. The maximum Gasteiger partial charge on any atom is 0.407 e. The molecule has 0 bridgehead atoms. The van der Waals surface area contributed by atoms with Gasteiger partial charge < -0.3 is 14.8 Å². The van der Waals surface area contributed by atoms with Crippen molar-refractivity contribution in [1.29, 1.82) is 0 Å². The van der Waals surface area contributed by atoms with Crippen molar-refractivity contribution >= 4 is 34.6 Å². The number of methoxy groups -OCH3 is 1. The number of nitrogens with one attached hydrogen (secondary N) is 1. The van der Waals surface area contributed by atoms with Gasteiger partial charge in [-0.1, -0.05) is 0 Å². The third-order valence-corrected chi connectivity index (χ3v) is 6.99. The smallest absolute Gasteiger partial charge is 0.407 e. The minimum atomic E-state index is -0.611. The summed E-state index contributed by atoms with van der Waals surface area (Å²) in [6.45, 7) is 5.52. The number of carbonyl (C=O) groups excluding carboxylic acids is 3. The molecular weight excluding hydrogens is 438 g/mol. The summed E-state index contributed by atoms with van der Waals surface area (Å²) in [5.74, 6) is -0.212. The van der Waals surface area contributed by atoms with Crippen molar-refractivity contribution in [3.8, 4) is 0 Å². The molecule has 2 rings (SSSR count). The summed E-state index contributed by atoms with van der Waals surface area (Å²) >= 11 is 0. The minimum absolute atomic E-state index is 0.0128. The molecule has 11 heteroatoms. The van der Waals surface area contributed by atoms with Crippen LogP contribution in [0.25, 0.3) is 0 Å². The van der Waals surface area contributed by atoms with Crippen molar-refractivity contribution in [3.63, 3.8) is 0 Å². The van der Waals surface area contributed by atoms with Gasteiger partial charge >= 0.3 is 12.1 Å². The van der Waals surface area contributed by atoms with Gasteiger partial charge in [-0.2, -0.15) is 0 Å². The van der Waals surface area contributed by atoms with E-state index in [-0.39, 0.29) is 23.9 Å². The highest BCUT2D eigenvalue weighted by atomic mass is 32.2. The van der Waals surface area contributed by atoms with Crippen LogP contribution in [-0.2, 0) is 36.6 Å². The number of esters is 1. The molecule has 1 atom stereocenters. The Bertz CT molecular complexity index is 928. The van der Waals surface area contributed by atoms with E-state index in [2.05, 4.69) is 5.32 Å². The van der Waals surface area contributed by atoms with E-state index < -0.39 is 33.4 Å². The third-order valence-electron chi connectivity index (χ3n) is 5.00. The number of hydrogen-bond donors (Lipinski definition) is 1. The summed E-state index contributed by atoms with van der Waals surface area (Å²) in [6, 6.07) is 5.75. The van der Waals surface area contributed by atoms with Crippen LogP contribution in [0, 0.1) is 10.1 Å². The lowest BCUT2D eigenvalue weighted by molar-refractivity contribution is -0.384. The first kappa shape index (κ1) is 25.2. The lowest BCUT2D eigenvalue weighted by atomic mass is 10.0. The van der Waals surface area contributed by atoms with Crippen LogP contribution in [0.1, 0.15) is 32.8 Å². The predicted molar refractivity (Wildman–Crippen MR) is 120 cm³/mol. The van der Waals surface area contributed by atoms with E-state index in [1.54, 1.807) is 0 Å². The maximum absolute atomic E-state index is 12.4. The zero-order valence-electron chi connectivity index (χ0n) is 18.8. The fourth-order valence-electron chi connectivity index (χ4n) is 3.50. The standard InChI is InChI=1S/C21H27N3O7S/c1-14(25)23-18(19(26)30-4)17(12-21(23,2)3)32(5)11-10-22-20(27)31-13-15-6-8-16(9-7-15)24(28)29/h6-9H,10-13H2,1-5H3/p+1. The van der Waals surface area contributed by atoms with E-state index in [0.29, 0.717) is 24.3 Å². The Morgan fingerprint density at radius 2 is 1.88 bits per heavy atom. The summed E-state index contributed by atoms with van der Waals surface area (Å²) in [5.41, 5.74) is 0.346. The Kier molecular flexibility index (Phi) is 8.25. The Labute approximate surface area is 189 Å². The molecule has 0 aromatic heterocycles. The second-order valence-electron chi connectivity index (χ2n) is 7.87. The summed E-state index contributed by atoms with van der Waals surface area (Å²) in [5, 5.41) is 13.3. The molecule has 0 fully saturated rings. The molecule has 0 radical (unpaired) electrons. The van der Waals surface area contributed by atoms with E-state index >= 15 is 0 Å². The average Bonchev–Trinajstić information content (AvgIpc) is 3.03. The van der Waals surface area contributed by atoms with Gasteiger partial charge in [0, 0.05) is 36.4 Å². The zero-order valence-corrected chi connectivity index (χ0v) is 19.6. The number of nitro benzene ring substituents is 1. The van der Waals surface area contributed by atoms with Gasteiger partial charge in [0.15, 0.2) is 10.6 Å². The lowest BCUT2D eigenvalue weighted by Gasteiger charge is -2.31. The number of nitro groups is 1. The van der Waals surface area contributed by atoms with Crippen LogP contribution in [-0.4, -0.2) is 59.0 Å². The molecule has 1 aliphatic rings. The first-order chi connectivity index (χ1) is 15.0. The topological polar surface area (TPSA) is 128 Å². The Hall–Kier alpha value is -3.08. The highest BCUT2D eigenvalue weighted by Gasteiger charge is 2.49. The second kappa shape index (κ2) is 10.5. The molecule has 1 unspecified atom stereocenters. The first-order valence-electron chi connectivity index (χ1n) is 9.86. The van der Waals surface area contributed by atoms with Crippen LogP contribution in [0.5, 0.6) is 0 Å². The average molecular weight is 467 g/mol. The van der Waals surface area contributed by atoms with Gasteiger partial charge in [-0.3, -0.25) is 19.8 Å². The number of benzene rings is 1. The van der Waals surface area contributed by atoms with E-state index in [1.807, 2.05) is 20.1 Å². The molecule has 0 saturated heterocycles. The number of amides is 2. The highest BCUT2D eigenvalue weighted by molar-refractivity contribution is 8.00. The van der Waals surface area contributed by atoms with Crippen molar-refractivity contribution in [2.24, 2.45) is 0 Å². The van der Waals surface area contributed by atoms with Crippen LogP contribution in [0.4, 0.5) is 10.5 Å². The van der Waals surface area contributed by atoms with E-state index in [4.69, 9.17) is 9.47 Å². The molecule has 0 spiro atoms. The lowest BCUT2D eigenvalue weighted by Crippen LogP contribution is -2.43. The molecular formula is C21H28N3O7S+. The van der Waals surface area contributed by atoms with Gasteiger partial charge in [-0.05, 0) is 31.5 Å². The number of alkyl carbamates (subject to hydrolysis) is 1. The van der Waals surface area contributed by atoms with Gasteiger partial charge in [0.05, 0.1) is 24.1 Å². The van der Waals surface area contributed by atoms with Crippen LogP contribution in [0.3, 0.4) is 0 Å². The van der Waals surface area contributed by atoms with Gasteiger partial charge in [-0.15, -0.1) is 0 Å². The number of nitrogens with zero attached hydrogens (tertiary/aromatic N) is 2. The fraction of sp³-hybridized carbons (Fsp3) is 0.476. The highest BCUT2D eigenvalue weighted by Crippen LogP contribution is 2.40. The number of carbonyl (C=O) groups is 3. The van der Waals surface area contributed by atoms with Gasteiger partial charge in [0.25, 0.3) is 5.69 Å². The van der Waals surface area contributed by atoms with Crippen molar-refractivity contribution in [3.05, 3.63) is 50.5 Å². The van der Waals surface area contributed by atoms with E-state index in [9.17, 15) is 24.5 Å². The maximum atomic E-state index is 12.4. The quantitative estimate of drug-likeness (QED) is 0.270. The largest absolute Gasteiger partial charge is 0.464 e. The molecule has 2 amide bonds. The Morgan fingerprint density at radius 3 is 2.41 bits per heavy atom. The number of rotatable bonds is 8. The van der Waals surface area contributed by atoms with Crippen LogP contribution in [0.15, 0.2) is 34.9 Å². The van der Waals surface area contributed by atoms with Crippen LogP contribution in [0.2, 0.25) is 0 Å². The summed E-state index contributed by atoms with van der Waals surface area (Å²) < 4.78 is 10.1. The number of hydrogen-bond acceptors (Lipinski definition) is 7. The normalized spacial score (nSPS) is 15.8. The van der Waals surface area contributed by atoms with E-state index in [0.717, 1.165) is 4.91 Å². The second-order valence-corrected chi connectivity index (χ2v) is 10.1. The molecule has 1 N–H and O–H groups in total. The number of ether oxygens (including phenoxy) is 2. The minimum Gasteiger partial charge on any atom is -0.464 e. The Morgan fingerprint density at radius 1 is 1.25 bits per heavy atom. The zero-order chi connectivity index (χ0) is 24.1. The van der Waals surface area contributed by atoms with Gasteiger partial charge in [0.2, 0.25) is 5.91 Å². The van der Waals surface area contributed by atoms with Gasteiger partial charge in [0.1, 0.15) is 18.6 Å². The van der Waals surface area contributed by atoms with Crippen LogP contribution >= 0.6 is 0 Å². The molecule has 10 nitrogen and oxygen atoms in total. The van der Waals surface area contributed by atoms with Crippen molar-refractivity contribution in [1.82, 2.24) is 10.2 Å². The predicted octanol–water partition coefficient (Wildman–Crippen LogP) is 2.48. The third kappa shape index (κ3) is 6.00. The SMILES string of the molecule is COC(=O)C1=C([S+](C)CCNC(=O)OCc2ccc([N+](=O)[O-])cc2)CC(C)(C)N1C(C)=O. The number of non-ortho nitro benzene ring substituents is 1. The fourth-order valence-corrected chi connectivity index (χ4v) is 5.26. The summed E-state index contributed by atoms with van der Waals surface area (Å²) in [4.78, 5) is 49.1. The molecule has 174 valence electrons. The van der Waals surface area contributed by atoms with Gasteiger partial charge in [-0.25, -0.2) is 9.59 Å². The first-order valence-corrected chi connectivity index (χ1v) is 11.7. The molecule has 32 heavy (non-hydrogen) atoms. The molecule has 0 aliphatic carbocycles. The molecule has 1 aliphatic heterocycles. The monoisotopic (exact) mass is 466 g/mol. The van der Waals surface area contributed by atoms with E-state index in [1.165, 1.54) is 43.2 Å². The summed E-state index contributed by atoms with van der Waals surface area (Å²) in [6.07, 6.45) is 1.89. The molecule has 1 heterocycles. The molecule has 1 aromatic rings. The van der Waals surface area contributed by atoms with Crippen molar-refractivity contribution < 1.29 is 28.8 Å².